The molecule has 3 rings (SSSR count). The van der Waals surface area contributed by atoms with E-state index >= 15 is 0 Å². The van der Waals surface area contributed by atoms with Crippen LogP contribution in [0.15, 0.2) is 48.6 Å². The van der Waals surface area contributed by atoms with Crippen LogP contribution in [0.5, 0.6) is 0 Å². The highest BCUT2D eigenvalue weighted by Crippen LogP contribution is 2.44. The van der Waals surface area contributed by atoms with Gasteiger partial charge in [-0.2, -0.15) is 0 Å². The Morgan fingerprint density at radius 1 is 1.05 bits per heavy atom. The molecule has 1 aliphatic carbocycles. The van der Waals surface area contributed by atoms with Crippen molar-refractivity contribution < 1.29 is 4.90 Å². The van der Waals surface area contributed by atoms with E-state index < -0.39 is 3.79 Å². The summed E-state index contributed by atoms with van der Waals surface area (Å²) in [6.45, 7) is 3.07. The smallest absolute Gasteiger partial charge is 0.246 e. The molecule has 0 amide bonds. The summed E-state index contributed by atoms with van der Waals surface area (Å²) in [5, 5.41) is 0. The van der Waals surface area contributed by atoms with Crippen LogP contribution in [-0.2, 0) is 0 Å². The number of hydrogen-bond acceptors (Lipinski definition) is 0. The summed E-state index contributed by atoms with van der Waals surface area (Å²) in [6, 6.07) is 8.55. The van der Waals surface area contributed by atoms with Gasteiger partial charge in [0.1, 0.15) is 6.04 Å². The highest BCUT2D eigenvalue weighted by atomic mass is 35.6. The van der Waals surface area contributed by atoms with E-state index in [1.165, 1.54) is 10.5 Å². The Morgan fingerprint density at radius 3 is 2.35 bits per heavy atom. The van der Waals surface area contributed by atoms with Crippen molar-refractivity contribution in [3.05, 3.63) is 59.7 Å². The molecule has 20 heavy (non-hydrogen) atoms. The second-order valence-electron chi connectivity index (χ2n) is 5.35. The fourth-order valence-corrected chi connectivity index (χ4v) is 4.33. The van der Waals surface area contributed by atoms with Gasteiger partial charge < -0.3 is 4.90 Å². The van der Waals surface area contributed by atoms with Gasteiger partial charge >= 0.3 is 0 Å². The number of allylic oxidation sites excluding steroid dienone is 2. The van der Waals surface area contributed by atoms with Crippen LogP contribution < -0.4 is 4.90 Å². The summed E-state index contributed by atoms with van der Waals surface area (Å²) < 4.78 is -1.30. The van der Waals surface area contributed by atoms with Crippen molar-refractivity contribution in [3.63, 3.8) is 0 Å². The van der Waals surface area contributed by atoms with Gasteiger partial charge in [-0.1, -0.05) is 77.3 Å². The number of nitrogens with one attached hydrogen (secondary N) is 1. The average molecular weight is 330 g/mol. The minimum Gasteiger partial charge on any atom is -0.319 e. The Hall–Kier alpha value is -0.470. The minimum atomic E-state index is -1.30. The van der Waals surface area contributed by atoms with Gasteiger partial charge in [-0.05, 0) is 18.6 Å². The van der Waals surface area contributed by atoms with Crippen molar-refractivity contribution in [1.29, 1.82) is 0 Å². The molecule has 0 aromatic heterocycles. The Bertz CT molecular complexity index is 559. The Balaban J connectivity index is 2.19. The van der Waals surface area contributed by atoms with Crippen LogP contribution >= 0.6 is 34.8 Å². The molecule has 0 bridgehead atoms. The quantitative estimate of drug-likeness (QED) is 0.751. The number of halogens is 3. The first kappa shape index (κ1) is 14.5. The van der Waals surface area contributed by atoms with Gasteiger partial charge in [-0.15, -0.1) is 0 Å². The second kappa shape index (κ2) is 5.38. The first-order chi connectivity index (χ1) is 9.54. The first-order valence-electron chi connectivity index (χ1n) is 6.90. The minimum absolute atomic E-state index is 0.133. The Morgan fingerprint density at radius 2 is 1.70 bits per heavy atom. The monoisotopic (exact) mass is 328 g/mol. The molecule has 1 N–H and O–H groups in total. The topological polar surface area (TPSA) is 4.44 Å². The molecule has 1 unspecified atom stereocenters. The standard InChI is InChI=1S/C16H16Cl3N/c1-2-20-14-10-6-5-8-12(14)11-7-3-4-9-13(11)15(20)16(17,18)19/h3-10,12,14-15H,2H2,1H3/p+1/t12-,14-,15-/m1/s1. The molecule has 1 aromatic rings. The van der Waals surface area contributed by atoms with Crippen LogP contribution in [0, 0.1) is 0 Å². The van der Waals surface area contributed by atoms with Gasteiger partial charge in [0.15, 0.2) is 6.04 Å². The third kappa shape index (κ3) is 2.31. The van der Waals surface area contributed by atoms with Crippen LogP contribution in [0.1, 0.15) is 30.0 Å². The molecular weight excluding hydrogens is 313 g/mol. The summed E-state index contributed by atoms with van der Waals surface area (Å²) in [5.41, 5.74) is 2.44. The lowest BCUT2D eigenvalue weighted by Crippen LogP contribution is -3.18. The average Bonchev–Trinajstić information content (AvgIpc) is 2.44. The first-order valence-corrected chi connectivity index (χ1v) is 8.03. The molecule has 0 fully saturated rings. The number of rotatable bonds is 1. The van der Waals surface area contributed by atoms with E-state index in [1.807, 2.05) is 6.07 Å². The number of hydrogen-bond donors (Lipinski definition) is 1. The zero-order chi connectivity index (χ0) is 14.3. The molecule has 1 aliphatic heterocycles. The maximum Gasteiger partial charge on any atom is 0.246 e. The van der Waals surface area contributed by atoms with Crippen LogP contribution in [0.2, 0.25) is 0 Å². The summed E-state index contributed by atoms with van der Waals surface area (Å²) in [7, 11) is 0. The van der Waals surface area contributed by atoms with Crippen molar-refractivity contribution in [1.82, 2.24) is 0 Å². The fraction of sp³-hybridized carbons (Fsp3) is 0.375. The van der Waals surface area contributed by atoms with Crippen molar-refractivity contribution >= 4 is 34.8 Å². The summed E-state index contributed by atoms with van der Waals surface area (Å²) in [6.07, 6.45) is 8.71. The molecule has 1 aromatic carbocycles. The van der Waals surface area contributed by atoms with Crippen molar-refractivity contribution in [2.45, 2.75) is 28.7 Å². The number of benzene rings is 1. The molecule has 0 spiro atoms. The predicted molar refractivity (Wildman–Crippen MR) is 85.8 cm³/mol. The largest absolute Gasteiger partial charge is 0.319 e. The molecule has 106 valence electrons. The summed E-state index contributed by atoms with van der Waals surface area (Å²) in [5.74, 6) is 0.370. The van der Waals surface area contributed by atoms with Gasteiger partial charge in [0, 0.05) is 5.56 Å². The summed E-state index contributed by atoms with van der Waals surface area (Å²) >= 11 is 18.9. The van der Waals surface area contributed by atoms with Gasteiger partial charge in [-0.3, -0.25) is 0 Å². The van der Waals surface area contributed by atoms with Crippen molar-refractivity contribution in [2.24, 2.45) is 0 Å². The molecule has 4 atom stereocenters. The number of fused-ring (bicyclic) bond motifs is 3. The van der Waals surface area contributed by atoms with E-state index in [2.05, 4.69) is 49.4 Å². The van der Waals surface area contributed by atoms with E-state index in [-0.39, 0.29) is 6.04 Å². The summed E-state index contributed by atoms with van der Waals surface area (Å²) in [4.78, 5) is 1.31. The molecule has 0 radical (unpaired) electrons. The van der Waals surface area contributed by atoms with Crippen molar-refractivity contribution in [3.8, 4) is 0 Å². The molecule has 1 heterocycles. The van der Waals surface area contributed by atoms with Crippen LogP contribution in [0.4, 0.5) is 0 Å². The third-order valence-corrected chi connectivity index (χ3v) is 4.99. The van der Waals surface area contributed by atoms with E-state index in [0.717, 1.165) is 12.1 Å². The highest BCUT2D eigenvalue weighted by molar-refractivity contribution is 6.68. The van der Waals surface area contributed by atoms with Gasteiger partial charge in [0.2, 0.25) is 3.79 Å². The van der Waals surface area contributed by atoms with E-state index in [0.29, 0.717) is 12.0 Å². The molecule has 2 aliphatic rings. The number of alkyl halides is 3. The zero-order valence-corrected chi connectivity index (χ0v) is 13.5. The second-order valence-corrected chi connectivity index (χ2v) is 7.72. The van der Waals surface area contributed by atoms with Crippen LogP contribution in [0.25, 0.3) is 0 Å². The fourth-order valence-electron chi connectivity index (χ4n) is 3.55. The third-order valence-electron chi connectivity index (χ3n) is 4.34. The van der Waals surface area contributed by atoms with E-state index in [9.17, 15) is 0 Å². The number of quaternary nitrogens is 1. The molecule has 1 nitrogen and oxygen atoms in total. The number of likely N-dealkylation sites (N-methyl/N-ethyl adjacent to an activating group) is 1. The molecule has 4 heteroatoms. The van der Waals surface area contributed by atoms with E-state index in [4.69, 9.17) is 34.8 Å². The lowest BCUT2D eigenvalue weighted by molar-refractivity contribution is -0.951. The maximum atomic E-state index is 6.31. The predicted octanol–water partition coefficient (Wildman–Crippen LogP) is 3.59. The van der Waals surface area contributed by atoms with Crippen molar-refractivity contribution in [2.75, 3.05) is 6.54 Å². The normalized spacial score (nSPS) is 31.8. The SMILES string of the molecule is CC[NH+]1[C@@H]2C=CC=C[C@@H]2c2ccccc2[C@@H]1C(Cl)(Cl)Cl. The van der Waals surface area contributed by atoms with Gasteiger partial charge in [-0.25, -0.2) is 0 Å². The van der Waals surface area contributed by atoms with Crippen LogP contribution in [0.3, 0.4) is 0 Å². The van der Waals surface area contributed by atoms with Crippen LogP contribution in [-0.4, -0.2) is 16.4 Å². The van der Waals surface area contributed by atoms with Gasteiger partial charge in [0.05, 0.1) is 12.5 Å². The lowest BCUT2D eigenvalue weighted by atomic mass is 9.78. The van der Waals surface area contributed by atoms with E-state index in [1.54, 1.807) is 0 Å². The highest BCUT2D eigenvalue weighted by Gasteiger charge is 2.50. The molecule has 0 saturated carbocycles. The van der Waals surface area contributed by atoms with Gasteiger partial charge in [0.25, 0.3) is 0 Å². The lowest BCUT2D eigenvalue weighted by Gasteiger charge is -2.45. The zero-order valence-electron chi connectivity index (χ0n) is 11.2. The maximum absolute atomic E-state index is 6.31. The molecular formula is C16H17Cl3N+. The Labute approximate surface area is 134 Å². The Kier molecular flexibility index (Phi) is 3.89. The molecule has 0 saturated heterocycles.